The first-order valence-corrected chi connectivity index (χ1v) is 5.25. The summed E-state index contributed by atoms with van der Waals surface area (Å²) >= 11 is 0. The Morgan fingerprint density at radius 1 is 1.50 bits per heavy atom. The van der Waals surface area contributed by atoms with Gasteiger partial charge in [0, 0.05) is 18.2 Å². The number of amides is 1. The lowest BCUT2D eigenvalue weighted by Crippen LogP contribution is -2.29. The quantitative estimate of drug-likeness (QED) is 0.480. The van der Waals surface area contributed by atoms with Crippen LogP contribution in [-0.2, 0) is 4.79 Å². The molecular formula is C11H22N2O. The highest BCUT2D eigenvalue weighted by Gasteiger charge is 2.01. The van der Waals surface area contributed by atoms with Crippen LogP contribution in [0.5, 0.6) is 0 Å². The van der Waals surface area contributed by atoms with Crippen molar-refractivity contribution in [3.05, 3.63) is 12.2 Å². The van der Waals surface area contributed by atoms with E-state index in [1.165, 1.54) is 0 Å². The van der Waals surface area contributed by atoms with Crippen LogP contribution in [0, 0.1) is 0 Å². The molecule has 0 bridgehead atoms. The lowest BCUT2D eigenvalue weighted by atomic mass is 10.2. The standard InChI is InChI=1S/C11H22N2O/c1-5-12-10(4)7-6-8-13-11(14)9(2)3/h10,12H,2,5-8H2,1,3-4H3,(H,13,14). The third-order valence-electron chi connectivity index (χ3n) is 2.04. The number of hydrogen-bond donors (Lipinski definition) is 2. The van der Waals surface area contributed by atoms with Gasteiger partial charge in [-0.25, -0.2) is 0 Å². The topological polar surface area (TPSA) is 41.1 Å². The van der Waals surface area contributed by atoms with Crippen LogP contribution < -0.4 is 10.6 Å². The van der Waals surface area contributed by atoms with Crippen molar-refractivity contribution in [1.29, 1.82) is 0 Å². The van der Waals surface area contributed by atoms with E-state index in [-0.39, 0.29) is 5.91 Å². The van der Waals surface area contributed by atoms with Crippen LogP contribution in [-0.4, -0.2) is 25.0 Å². The van der Waals surface area contributed by atoms with Gasteiger partial charge in [0.15, 0.2) is 0 Å². The second-order valence-electron chi connectivity index (χ2n) is 3.64. The summed E-state index contributed by atoms with van der Waals surface area (Å²) in [5, 5.41) is 6.14. The first kappa shape index (κ1) is 13.2. The largest absolute Gasteiger partial charge is 0.352 e. The molecule has 82 valence electrons. The first-order valence-electron chi connectivity index (χ1n) is 5.25. The van der Waals surface area contributed by atoms with Crippen molar-refractivity contribution in [2.45, 2.75) is 39.7 Å². The van der Waals surface area contributed by atoms with Crippen LogP contribution in [0.15, 0.2) is 12.2 Å². The molecule has 0 spiro atoms. The van der Waals surface area contributed by atoms with Crippen LogP contribution in [0.3, 0.4) is 0 Å². The number of hydrogen-bond acceptors (Lipinski definition) is 2. The summed E-state index contributed by atoms with van der Waals surface area (Å²) in [5.41, 5.74) is 0.574. The molecule has 0 aromatic rings. The summed E-state index contributed by atoms with van der Waals surface area (Å²) in [4.78, 5) is 11.1. The van der Waals surface area contributed by atoms with Gasteiger partial charge >= 0.3 is 0 Å². The Hall–Kier alpha value is -0.830. The van der Waals surface area contributed by atoms with Gasteiger partial charge in [0.05, 0.1) is 0 Å². The summed E-state index contributed by atoms with van der Waals surface area (Å²) in [5.74, 6) is -0.0406. The van der Waals surface area contributed by atoms with E-state index < -0.39 is 0 Å². The van der Waals surface area contributed by atoms with Crippen molar-refractivity contribution in [2.75, 3.05) is 13.1 Å². The molecule has 3 heteroatoms. The van der Waals surface area contributed by atoms with Crippen LogP contribution >= 0.6 is 0 Å². The summed E-state index contributed by atoms with van der Waals surface area (Å²) in [6, 6.07) is 0.529. The normalized spacial score (nSPS) is 12.2. The Kier molecular flexibility index (Phi) is 7.11. The summed E-state index contributed by atoms with van der Waals surface area (Å²) in [7, 11) is 0. The predicted octanol–water partition coefficient (Wildman–Crippen LogP) is 1.46. The van der Waals surface area contributed by atoms with Gasteiger partial charge in [0.1, 0.15) is 0 Å². The number of rotatable bonds is 7. The smallest absolute Gasteiger partial charge is 0.246 e. The Morgan fingerprint density at radius 3 is 2.64 bits per heavy atom. The van der Waals surface area contributed by atoms with Crippen LogP contribution in [0.4, 0.5) is 0 Å². The third-order valence-corrected chi connectivity index (χ3v) is 2.04. The van der Waals surface area contributed by atoms with E-state index >= 15 is 0 Å². The predicted molar refractivity (Wildman–Crippen MR) is 60.2 cm³/mol. The van der Waals surface area contributed by atoms with E-state index in [0.717, 1.165) is 25.9 Å². The highest BCUT2D eigenvalue weighted by Crippen LogP contribution is 1.95. The molecule has 0 aliphatic carbocycles. The molecule has 0 aliphatic rings. The van der Waals surface area contributed by atoms with Crippen LogP contribution in [0.25, 0.3) is 0 Å². The zero-order chi connectivity index (χ0) is 11.0. The molecule has 0 rings (SSSR count). The van der Waals surface area contributed by atoms with E-state index in [2.05, 4.69) is 31.1 Å². The maximum atomic E-state index is 11.1. The lowest BCUT2D eigenvalue weighted by Gasteiger charge is -2.11. The fourth-order valence-electron chi connectivity index (χ4n) is 1.21. The van der Waals surface area contributed by atoms with Gasteiger partial charge < -0.3 is 10.6 Å². The van der Waals surface area contributed by atoms with E-state index in [0.29, 0.717) is 11.6 Å². The molecule has 1 amide bonds. The molecule has 0 saturated heterocycles. The molecule has 2 N–H and O–H groups in total. The van der Waals surface area contributed by atoms with Gasteiger partial charge in [-0.05, 0) is 33.2 Å². The van der Waals surface area contributed by atoms with Gasteiger partial charge in [-0.2, -0.15) is 0 Å². The maximum absolute atomic E-state index is 11.1. The second-order valence-corrected chi connectivity index (χ2v) is 3.64. The van der Waals surface area contributed by atoms with Gasteiger partial charge in [-0.1, -0.05) is 13.5 Å². The molecule has 1 unspecified atom stereocenters. The Bertz CT molecular complexity index is 190. The highest BCUT2D eigenvalue weighted by molar-refractivity contribution is 5.91. The van der Waals surface area contributed by atoms with Crippen LogP contribution in [0.1, 0.15) is 33.6 Å². The molecule has 0 saturated carbocycles. The average Bonchev–Trinajstić information content (AvgIpc) is 2.12. The summed E-state index contributed by atoms with van der Waals surface area (Å²) < 4.78 is 0. The molecule has 0 radical (unpaired) electrons. The van der Waals surface area contributed by atoms with Crippen molar-refractivity contribution in [3.8, 4) is 0 Å². The van der Waals surface area contributed by atoms with Gasteiger partial charge in [0.2, 0.25) is 5.91 Å². The zero-order valence-electron chi connectivity index (χ0n) is 9.52. The number of carbonyl (C=O) groups excluding carboxylic acids is 1. The molecule has 0 fully saturated rings. The van der Waals surface area contributed by atoms with E-state index in [4.69, 9.17) is 0 Å². The van der Waals surface area contributed by atoms with Gasteiger partial charge in [-0.3, -0.25) is 4.79 Å². The maximum Gasteiger partial charge on any atom is 0.246 e. The molecule has 0 aromatic carbocycles. The third kappa shape index (κ3) is 6.66. The molecule has 1 atom stereocenters. The SMILES string of the molecule is C=C(C)C(=O)NCCCC(C)NCC. The fraction of sp³-hybridized carbons (Fsp3) is 0.727. The Balaban J connectivity index is 3.37. The summed E-state index contributed by atoms with van der Waals surface area (Å²) in [6.45, 7) is 11.3. The minimum absolute atomic E-state index is 0.0406. The molecule has 0 aromatic heterocycles. The molecule has 14 heavy (non-hydrogen) atoms. The zero-order valence-corrected chi connectivity index (χ0v) is 9.52. The van der Waals surface area contributed by atoms with Gasteiger partial charge in [-0.15, -0.1) is 0 Å². The molecule has 3 nitrogen and oxygen atoms in total. The van der Waals surface area contributed by atoms with Gasteiger partial charge in [0.25, 0.3) is 0 Å². The van der Waals surface area contributed by atoms with E-state index in [1.807, 2.05) is 0 Å². The molecular weight excluding hydrogens is 176 g/mol. The van der Waals surface area contributed by atoms with Crippen molar-refractivity contribution < 1.29 is 4.79 Å². The van der Waals surface area contributed by atoms with Crippen molar-refractivity contribution in [2.24, 2.45) is 0 Å². The van der Waals surface area contributed by atoms with E-state index in [9.17, 15) is 4.79 Å². The first-order chi connectivity index (χ1) is 6.57. The minimum Gasteiger partial charge on any atom is -0.352 e. The highest BCUT2D eigenvalue weighted by atomic mass is 16.1. The molecule has 0 heterocycles. The van der Waals surface area contributed by atoms with E-state index in [1.54, 1.807) is 6.92 Å². The second kappa shape index (κ2) is 7.56. The van der Waals surface area contributed by atoms with Crippen molar-refractivity contribution in [1.82, 2.24) is 10.6 Å². The summed E-state index contributed by atoms with van der Waals surface area (Å²) in [6.07, 6.45) is 2.09. The van der Waals surface area contributed by atoms with Crippen LogP contribution in [0.2, 0.25) is 0 Å². The minimum atomic E-state index is -0.0406. The Morgan fingerprint density at radius 2 is 2.14 bits per heavy atom. The molecule has 0 aliphatic heterocycles. The number of carbonyl (C=O) groups is 1. The fourth-order valence-corrected chi connectivity index (χ4v) is 1.21. The monoisotopic (exact) mass is 198 g/mol. The van der Waals surface area contributed by atoms with Crippen molar-refractivity contribution in [3.63, 3.8) is 0 Å². The lowest BCUT2D eigenvalue weighted by molar-refractivity contribution is -0.117. The average molecular weight is 198 g/mol. The Labute approximate surface area is 87.0 Å². The van der Waals surface area contributed by atoms with Crippen molar-refractivity contribution >= 4 is 5.91 Å². The number of nitrogens with one attached hydrogen (secondary N) is 2.